The number of nitrogens with zero attached hydrogens (tertiary/aromatic N) is 3. The van der Waals surface area contributed by atoms with Gasteiger partial charge in [-0.2, -0.15) is 0 Å². The number of carbonyl (C=O) groups excluding carboxylic acids is 1. The number of aromatic amines is 1. The van der Waals surface area contributed by atoms with Crippen LogP contribution in [0.15, 0.2) is 67.0 Å². The van der Waals surface area contributed by atoms with E-state index in [1.54, 1.807) is 6.20 Å². The highest BCUT2D eigenvalue weighted by Gasteiger charge is 2.14. The summed E-state index contributed by atoms with van der Waals surface area (Å²) >= 11 is 6.10. The van der Waals surface area contributed by atoms with Gasteiger partial charge in [-0.15, -0.1) is 0 Å². The minimum atomic E-state index is -0.317. The number of halogens is 1. The smallest absolute Gasteiger partial charge is 0.278 e. The molecular formula is C22H16ClN5O. The monoisotopic (exact) mass is 401 g/mol. The first kappa shape index (κ1) is 17.5. The molecule has 1 amide bonds. The summed E-state index contributed by atoms with van der Waals surface area (Å²) < 4.78 is 1.83. The Bertz CT molecular complexity index is 1380. The van der Waals surface area contributed by atoms with E-state index in [2.05, 4.69) is 20.3 Å². The molecule has 0 aliphatic rings. The largest absolute Gasteiger partial charge is 0.324 e. The van der Waals surface area contributed by atoms with Crippen LogP contribution in [0.3, 0.4) is 0 Å². The van der Waals surface area contributed by atoms with E-state index in [-0.39, 0.29) is 5.91 Å². The first-order chi connectivity index (χ1) is 14.1. The van der Waals surface area contributed by atoms with Gasteiger partial charge in [-0.25, -0.2) is 9.97 Å². The predicted octanol–water partition coefficient (Wildman–Crippen LogP) is 5.09. The number of carbonyl (C=O) groups is 1. The van der Waals surface area contributed by atoms with Gasteiger partial charge in [0.1, 0.15) is 11.3 Å². The van der Waals surface area contributed by atoms with E-state index in [4.69, 9.17) is 11.6 Å². The van der Waals surface area contributed by atoms with E-state index in [1.807, 2.05) is 72.1 Å². The summed E-state index contributed by atoms with van der Waals surface area (Å²) in [5.41, 5.74) is 5.70. The van der Waals surface area contributed by atoms with E-state index in [9.17, 15) is 4.79 Å². The molecule has 0 aliphatic heterocycles. The molecule has 0 saturated heterocycles. The van der Waals surface area contributed by atoms with Gasteiger partial charge in [-0.1, -0.05) is 35.9 Å². The molecule has 3 aromatic heterocycles. The second-order valence-corrected chi connectivity index (χ2v) is 7.27. The normalized spacial score (nSPS) is 11.2. The third-order valence-corrected chi connectivity index (χ3v) is 5.02. The molecule has 7 heteroatoms. The number of aromatic nitrogens is 4. The zero-order valence-electron chi connectivity index (χ0n) is 15.5. The summed E-state index contributed by atoms with van der Waals surface area (Å²) in [7, 11) is 0. The lowest BCUT2D eigenvalue weighted by Crippen LogP contribution is -2.13. The number of H-pyrrole nitrogens is 1. The Morgan fingerprint density at radius 1 is 1.07 bits per heavy atom. The lowest BCUT2D eigenvalue weighted by Gasteiger charge is -2.01. The molecule has 0 aliphatic carbocycles. The molecule has 29 heavy (non-hydrogen) atoms. The number of amides is 1. The summed E-state index contributed by atoms with van der Waals surface area (Å²) in [4.78, 5) is 24.7. The van der Waals surface area contributed by atoms with Crippen molar-refractivity contribution >= 4 is 40.1 Å². The van der Waals surface area contributed by atoms with Crippen LogP contribution in [0.25, 0.3) is 27.8 Å². The van der Waals surface area contributed by atoms with Gasteiger partial charge in [0.25, 0.3) is 5.91 Å². The number of hydrogen-bond donors (Lipinski definition) is 2. The summed E-state index contributed by atoms with van der Waals surface area (Å²) in [5, 5.41) is 3.48. The summed E-state index contributed by atoms with van der Waals surface area (Å²) in [6.07, 6.45) is 3.57. The number of rotatable bonds is 3. The van der Waals surface area contributed by atoms with Gasteiger partial charge < -0.3 is 9.38 Å². The molecule has 5 rings (SSSR count). The molecule has 0 atom stereocenters. The topological polar surface area (TPSA) is 75.1 Å². The Hall–Kier alpha value is -3.64. The third kappa shape index (κ3) is 3.23. The molecule has 5 aromatic rings. The molecule has 142 valence electrons. The number of anilines is 1. The molecule has 3 heterocycles. The number of hydrogen-bond acceptors (Lipinski definition) is 3. The van der Waals surface area contributed by atoms with Crippen molar-refractivity contribution < 1.29 is 4.79 Å². The van der Waals surface area contributed by atoms with Gasteiger partial charge in [0.15, 0.2) is 0 Å². The van der Waals surface area contributed by atoms with Crippen LogP contribution in [0.1, 0.15) is 16.1 Å². The average molecular weight is 402 g/mol. The Kier molecular flexibility index (Phi) is 4.07. The highest BCUT2D eigenvalue weighted by atomic mass is 35.5. The van der Waals surface area contributed by atoms with Crippen LogP contribution >= 0.6 is 11.6 Å². The first-order valence-corrected chi connectivity index (χ1v) is 9.46. The van der Waals surface area contributed by atoms with E-state index in [0.29, 0.717) is 16.7 Å². The van der Waals surface area contributed by atoms with Gasteiger partial charge in [0.2, 0.25) is 5.95 Å². The second kappa shape index (κ2) is 6.76. The molecule has 0 fully saturated rings. The molecule has 0 bridgehead atoms. The maximum Gasteiger partial charge on any atom is 0.278 e. The SMILES string of the molecule is Cc1cccn2cc(C(=O)Nc3nc4ccc(-c5cccc(Cl)c5)cc4[nH]3)nc12. The van der Waals surface area contributed by atoms with Crippen LogP contribution in [-0.4, -0.2) is 25.3 Å². The van der Waals surface area contributed by atoms with Gasteiger partial charge >= 0.3 is 0 Å². The number of imidazole rings is 2. The van der Waals surface area contributed by atoms with Crippen molar-refractivity contribution in [1.82, 2.24) is 19.4 Å². The molecule has 6 nitrogen and oxygen atoms in total. The van der Waals surface area contributed by atoms with E-state index in [1.165, 1.54) is 0 Å². The fraction of sp³-hybridized carbons (Fsp3) is 0.0455. The lowest BCUT2D eigenvalue weighted by atomic mass is 10.1. The summed E-state index contributed by atoms with van der Waals surface area (Å²) in [6, 6.07) is 17.4. The molecule has 0 unspecified atom stereocenters. The molecular weight excluding hydrogens is 386 g/mol. The standard InChI is InChI=1S/C22H16ClN5O/c1-13-4-3-9-28-12-19(24-20(13)28)21(29)27-22-25-17-8-7-15(11-18(17)26-22)14-5-2-6-16(23)10-14/h2-12H,1H3,(H2,25,26,27,29). The Morgan fingerprint density at radius 3 is 2.76 bits per heavy atom. The van der Waals surface area contributed by atoms with Gasteiger partial charge in [-0.3, -0.25) is 10.1 Å². The maximum absolute atomic E-state index is 12.6. The van der Waals surface area contributed by atoms with Crippen LogP contribution in [0.4, 0.5) is 5.95 Å². The van der Waals surface area contributed by atoms with E-state index >= 15 is 0 Å². The van der Waals surface area contributed by atoms with Crippen LogP contribution in [-0.2, 0) is 0 Å². The zero-order valence-corrected chi connectivity index (χ0v) is 16.2. The number of pyridine rings is 1. The summed E-state index contributed by atoms with van der Waals surface area (Å²) in [5.74, 6) is 0.0595. The molecule has 0 saturated carbocycles. The first-order valence-electron chi connectivity index (χ1n) is 9.08. The predicted molar refractivity (Wildman–Crippen MR) is 114 cm³/mol. The minimum absolute atomic E-state index is 0.317. The maximum atomic E-state index is 12.6. The van der Waals surface area contributed by atoms with Crippen molar-refractivity contribution in [2.45, 2.75) is 6.92 Å². The Morgan fingerprint density at radius 2 is 1.93 bits per heavy atom. The molecule has 0 spiro atoms. The molecule has 2 aromatic carbocycles. The lowest BCUT2D eigenvalue weighted by molar-refractivity contribution is 0.102. The van der Waals surface area contributed by atoms with Gasteiger partial charge in [0, 0.05) is 17.4 Å². The van der Waals surface area contributed by atoms with Crippen LogP contribution < -0.4 is 5.32 Å². The number of benzene rings is 2. The van der Waals surface area contributed by atoms with Gasteiger partial charge in [0.05, 0.1) is 11.0 Å². The third-order valence-electron chi connectivity index (χ3n) is 4.78. The van der Waals surface area contributed by atoms with Crippen molar-refractivity contribution in [3.05, 3.63) is 83.3 Å². The van der Waals surface area contributed by atoms with Crippen LogP contribution in [0.2, 0.25) is 5.02 Å². The molecule has 2 N–H and O–H groups in total. The van der Waals surface area contributed by atoms with Crippen LogP contribution in [0.5, 0.6) is 0 Å². The number of nitrogens with one attached hydrogen (secondary N) is 2. The van der Waals surface area contributed by atoms with Crippen molar-refractivity contribution in [3.8, 4) is 11.1 Å². The Balaban J connectivity index is 1.44. The van der Waals surface area contributed by atoms with E-state index in [0.717, 1.165) is 33.4 Å². The quantitative estimate of drug-likeness (QED) is 0.442. The second-order valence-electron chi connectivity index (χ2n) is 6.83. The minimum Gasteiger partial charge on any atom is -0.324 e. The number of fused-ring (bicyclic) bond motifs is 2. The van der Waals surface area contributed by atoms with Crippen molar-refractivity contribution in [2.75, 3.05) is 5.32 Å². The zero-order chi connectivity index (χ0) is 20.0. The molecule has 0 radical (unpaired) electrons. The van der Waals surface area contributed by atoms with Crippen molar-refractivity contribution in [2.24, 2.45) is 0 Å². The average Bonchev–Trinajstić information content (AvgIpc) is 3.31. The van der Waals surface area contributed by atoms with Crippen molar-refractivity contribution in [1.29, 1.82) is 0 Å². The highest BCUT2D eigenvalue weighted by Crippen LogP contribution is 2.26. The van der Waals surface area contributed by atoms with Crippen LogP contribution in [0, 0.1) is 6.92 Å². The Labute approximate surface area is 171 Å². The van der Waals surface area contributed by atoms with Crippen molar-refractivity contribution in [3.63, 3.8) is 0 Å². The fourth-order valence-electron chi connectivity index (χ4n) is 3.35. The summed E-state index contributed by atoms with van der Waals surface area (Å²) in [6.45, 7) is 1.96. The van der Waals surface area contributed by atoms with Gasteiger partial charge in [-0.05, 0) is 53.9 Å². The fourth-order valence-corrected chi connectivity index (χ4v) is 3.54. The van der Waals surface area contributed by atoms with E-state index < -0.39 is 0 Å². The highest BCUT2D eigenvalue weighted by molar-refractivity contribution is 6.30. The number of aryl methyl sites for hydroxylation is 1.